The van der Waals surface area contributed by atoms with Crippen LogP contribution in [0, 0.1) is 0 Å². The van der Waals surface area contributed by atoms with E-state index in [-0.39, 0.29) is 0 Å². The van der Waals surface area contributed by atoms with Crippen molar-refractivity contribution in [3.05, 3.63) is 30.5 Å². The highest BCUT2D eigenvalue weighted by Gasteiger charge is 2.12. The first-order valence-electron chi connectivity index (χ1n) is 7.63. The van der Waals surface area contributed by atoms with Crippen LogP contribution in [0.1, 0.15) is 27.7 Å². The quantitative estimate of drug-likeness (QED) is 0.800. The van der Waals surface area contributed by atoms with Crippen molar-refractivity contribution in [2.75, 3.05) is 24.1 Å². The number of pyridine rings is 1. The second-order valence-corrected chi connectivity index (χ2v) is 5.99. The lowest BCUT2D eigenvalue weighted by Gasteiger charge is -2.30. The topological polar surface area (TPSA) is 54.2 Å². The molecule has 0 radical (unpaired) electrons. The van der Waals surface area contributed by atoms with Gasteiger partial charge in [0, 0.05) is 48.1 Å². The number of hydrogen-bond acceptors (Lipinski definition) is 4. The molecule has 0 aliphatic heterocycles. The van der Waals surface area contributed by atoms with Crippen LogP contribution in [0.15, 0.2) is 30.5 Å². The van der Waals surface area contributed by atoms with Crippen molar-refractivity contribution in [3.8, 4) is 0 Å². The molecule has 21 heavy (non-hydrogen) atoms. The zero-order chi connectivity index (χ0) is 15.4. The lowest BCUT2D eigenvalue weighted by molar-refractivity contribution is 0.182. The first-order chi connectivity index (χ1) is 9.99. The summed E-state index contributed by atoms with van der Waals surface area (Å²) in [7, 11) is 0. The summed E-state index contributed by atoms with van der Waals surface area (Å²) in [5, 5.41) is 4.64. The standard InChI is InChI=1S/C17H26N4/c1-12(2)21(13(3)4)10-9-20-16-7-8-19-17-11-14(18)5-6-15(16)17/h5-8,11-13H,9-10,18H2,1-4H3,(H,19,20). The highest BCUT2D eigenvalue weighted by Crippen LogP contribution is 2.23. The van der Waals surface area contributed by atoms with E-state index in [4.69, 9.17) is 5.73 Å². The van der Waals surface area contributed by atoms with Crippen LogP contribution in [0.5, 0.6) is 0 Å². The molecule has 0 unspecified atom stereocenters. The van der Waals surface area contributed by atoms with E-state index < -0.39 is 0 Å². The molecule has 0 aliphatic rings. The minimum Gasteiger partial charge on any atom is -0.399 e. The van der Waals surface area contributed by atoms with Gasteiger partial charge in [-0.15, -0.1) is 0 Å². The molecule has 0 saturated heterocycles. The predicted molar refractivity (Wildman–Crippen MR) is 91.6 cm³/mol. The van der Waals surface area contributed by atoms with Gasteiger partial charge in [0.25, 0.3) is 0 Å². The molecule has 0 amide bonds. The summed E-state index contributed by atoms with van der Waals surface area (Å²) in [5.41, 5.74) is 8.61. The van der Waals surface area contributed by atoms with Gasteiger partial charge in [-0.05, 0) is 52.0 Å². The van der Waals surface area contributed by atoms with E-state index in [2.05, 4.69) is 42.9 Å². The minimum atomic E-state index is 0.556. The molecule has 0 bridgehead atoms. The molecule has 0 aliphatic carbocycles. The number of anilines is 2. The van der Waals surface area contributed by atoms with Crippen LogP contribution in [0.3, 0.4) is 0 Å². The van der Waals surface area contributed by atoms with Crippen molar-refractivity contribution in [1.29, 1.82) is 0 Å². The van der Waals surface area contributed by atoms with Crippen molar-refractivity contribution >= 4 is 22.3 Å². The Hall–Kier alpha value is -1.81. The normalized spacial score (nSPS) is 11.8. The van der Waals surface area contributed by atoms with Gasteiger partial charge in [0.15, 0.2) is 0 Å². The first-order valence-corrected chi connectivity index (χ1v) is 7.63. The fourth-order valence-electron chi connectivity index (χ4n) is 2.75. The highest BCUT2D eigenvalue weighted by atomic mass is 15.2. The smallest absolute Gasteiger partial charge is 0.0743 e. The lowest BCUT2D eigenvalue weighted by atomic mass is 10.1. The molecular weight excluding hydrogens is 260 g/mol. The van der Waals surface area contributed by atoms with E-state index in [0.717, 1.165) is 35.4 Å². The lowest BCUT2D eigenvalue weighted by Crippen LogP contribution is -2.40. The zero-order valence-electron chi connectivity index (χ0n) is 13.4. The van der Waals surface area contributed by atoms with Crippen LogP contribution in [-0.2, 0) is 0 Å². The number of nitrogens with one attached hydrogen (secondary N) is 1. The van der Waals surface area contributed by atoms with Crippen LogP contribution in [0.4, 0.5) is 11.4 Å². The summed E-state index contributed by atoms with van der Waals surface area (Å²) in [6, 6.07) is 9.00. The Balaban J connectivity index is 2.07. The average Bonchev–Trinajstić information content (AvgIpc) is 2.42. The largest absolute Gasteiger partial charge is 0.399 e. The fourth-order valence-corrected chi connectivity index (χ4v) is 2.75. The summed E-state index contributed by atoms with van der Waals surface area (Å²) >= 11 is 0. The van der Waals surface area contributed by atoms with Gasteiger partial charge in [0.1, 0.15) is 0 Å². The summed E-state index contributed by atoms with van der Waals surface area (Å²) in [4.78, 5) is 6.85. The van der Waals surface area contributed by atoms with Crippen LogP contribution in [0.2, 0.25) is 0 Å². The third-order valence-corrected chi connectivity index (χ3v) is 3.78. The summed E-state index contributed by atoms with van der Waals surface area (Å²) in [5.74, 6) is 0. The number of nitrogens with two attached hydrogens (primary N) is 1. The van der Waals surface area contributed by atoms with Gasteiger partial charge in [-0.3, -0.25) is 9.88 Å². The Labute approximate surface area is 127 Å². The number of benzene rings is 1. The van der Waals surface area contributed by atoms with Crippen molar-refractivity contribution in [2.45, 2.75) is 39.8 Å². The fraction of sp³-hybridized carbons (Fsp3) is 0.471. The summed E-state index contributed by atoms with van der Waals surface area (Å²) in [6.45, 7) is 10.9. The molecular formula is C17H26N4. The Morgan fingerprint density at radius 1 is 1.14 bits per heavy atom. The van der Waals surface area contributed by atoms with Gasteiger partial charge in [-0.1, -0.05) is 0 Å². The van der Waals surface area contributed by atoms with E-state index in [1.165, 1.54) is 0 Å². The SMILES string of the molecule is CC(C)N(CCNc1ccnc2cc(N)ccc12)C(C)C. The second-order valence-electron chi connectivity index (χ2n) is 5.99. The maximum Gasteiger partial charge on any atom is 0.0743 e. The van der Waals surface area contributed by atoms with Gasteiger partial charge in [0.2, 0.25) is 0 Å². The van der Waals surface area contributed by atoms with Crippen molar-refractivity contribution < 1.29 is 0 Å². The predicted octanol–water partition coefficient (Wildman–Crippen LogP) is 3.35. The average molecular weight is 286 g/mol. The van der Waals surface area contributed by atoms with E-state index in [1.807, 2.05) is 30.5 Å². The molecule has 2 aromatic rings. The minimum absolute atomic E-state index is 0.556. The van der Waals surface area contributed by atoms with Gasteiger partial charge in [0.05, 0.1) is 5.52 Å². The van der Waals surface area contributed by atoms with Crippen LogP contribution < -0.4 is 11.1 Å². The van der Waals surface area contributed by atoms with E-state index >= 15 is 0 Å². The van der Waals surface area contributed by atoms with Gasteiger partial charge >= 0.3 is 0 Å². The van der Waals surface area contributed by atoms with Crippen molar-refractivity contribution in [3.63, 3.8) is 0 Å². The molecule has 0 spiro atoms. The third-order valence-electron chi connectivity index (χ3n) is 3.78. The number of fused-ring (bicyclic) bond motifs is 1. The molecule has 4 heteroatoms. The molecule has 2 rings (SSSR count). The van der Waals surface area contributed by atoms with E-state index in [1.54, 1.807) is 0 Å². The maximum atomic E-state index is 5.81. The van der Waals surface area contributed by atoms with Gasteiger partial charge < -0.3 is 11.1 Å². The Kier molecular flexibility index (Phi) is 5.02. The first kappa shape index (κ1) is 15.6. The number of rotatable bonds is 6. The van der Waals surface area contributed by atoms with Gasteiger partial charge in [-0.25, -0.2) is 0 Å². The number of nitrogen functional groups attached to an aromatic ring is 1. The zero-order valence-corrected chi connectivity index (χ0v) is 13.4. The molecule has 0 fully saturated rings. The Morgan fingerprint density at radius 3 is 2.52 bits per heavy atom. The van der Waals surface area contributed by atoms with Crippen LogP contribution >= 0.6 is 0 Å². The van der Waals surface area contributed by atoms with E-state index in [0.29, 0.717) is 12.1 Å². The third kappa shape index (κ3) is 3.85. The van der Waals surface area contributed by atoms with Crippen molar-refractivity contribution in [1.82, 2.24) is 9.88 Å². The Morgan fingerprint density at radius 2 is 1.86 bits per heavy atom. The second kappa shape index (κ2) is 6.76. The highest BCUT2D eigenvalue weighted by molar-refractivity contribution is 5.92. The van der Waals surface area contributed by atoms with Crippen molar-refractivity contribution in [2.24, 2.45) is 0 Å². The van der Waals surface area contributed by atoms with Crippen LogP contribution in [-0.4, -0.2) is 35.1 Å². The summed E-state index contributed by atoms with van der Waals surface area (Å²) < 4.78 is 0. The molecule has 1 aromatic heterocycles. The molecule has 0 atom stereocenters. The monoisotopic (exact) mass is 286 g/mol. The molecule has 0 saturated carbocycles. The number of aromatic nitrogens is 1. The molecule has 1 heterocycles. The van der Waals surface area contributed by atoms with E-state index in [9.17, 15) is 0 Å². The molecule has 114 valence electrons. The maximum absolute atomic E-state index is 5.81. The number of hydrogen-bond donors (Lipinski definition) is 2. The summed E-state index contributed by atoms with van der Waals surface area (Å²) in [6.07, 6.45) is 1.83. The van der Waals surface area contributed by atoms with Gasteiger partial charge in [-0.2, -0.15) is 0 Å². The Bertz CT molecular complexity index is 584. The molecule has 3 N–H and O–H groups in total. The van der Waals surface area contributed by atoms with Crippen LogP contribution in [0.25, 0.3) is 10.9 Å². The molecule has 1 aromatic carbocycles. The number of nitrogens with zero attached hydrogens (tertiary/aromatic N) is 2. The molecule has 4 nitrogen and oxygen atoms in total.